The maximum absolute atomic E-state index is 13.9. The molecular formula is C41H52O7Si. The fourth-order valence-electron chi connectivity index (χ4n) is 5.93. The summed E-state index contributed by atoms with van der Waals surface area (Å²) in [4.78, 5) is 13.9. The molecule has 0 radical (unpaired) electrons. The first kappa shape index (κ1) is 38.0. The predicted octanol–water partition coefficient (Wildman–Crippen LogP) is 7.30. The Bertz CT molecular complexity index is 1450. The van der Waals surface area contributed by atoms with E-state index >= 15 is 0 Å². The molecule has 0 aliphatic carbocycles. The van der Waals surface area contributed by atoms with E-state index in [1.807, 2.05) is 55.5 Å². The zero-order valence-electron chi connectivity index (χ0n) is 29.6. The molecule has 3 aromatic rings. The molecule has 8 heteroatoms. The first-order valence-corrected chi connectivity index (χ1v) is 19.0. The van der Waals surface area contributed by atoms with Gasteiger partial charge >= 0.3 is 5.97 Å². The lowest BCUT2D eigenvalue weighted by molar-refractivity contribution is -0.163. The molecule has 0 bridgehead atoms. The summed E-state index contributed by atoms with van der Waals surface area (Å²) in [7, 11) is -1.27. The highest BCUT2D eigenvalue weighted by Gasteiger charge is 2.50. The summed E-state index contributed by atoms with van der Waals surface area (Å²) in [6.45, 7) is 14.2. The second-order valence-corrected chi connectivity index (χ2v) is 17.5. The highest BCUT2D eigenvalue weighted by Crippen LogP contribution is 2.37. The Morgan fingerprint density at radius 3 is 2.12 bits per heavy atom. The molecule has 0 spiro atoms. The molecule has 1 unspecified atom stereocenters. The van der Waals surface area contributed by atoms with Crippen LogP contribution in [0.1, 0.15) is 52.5 Å². The molecule has 1 aliphatic heterocycles. The Morgan fingerprint density at radius 1 is 0.959 bits per heavy atom. The van der Waals surface area contributed by atoms with Gasteiger partial charge < -0.3 is 28.1 Å². The zero-order chi connectivity index (χ0) is 35.1. The van der Waals surface area contributed by atoms with Crippen LogP contribution in [0.5, 0.6) is 5.75 Å². The quantitative estimate of drug-likeness (QED) is 0.0603. The maximum atomic E-state index is 13.9. The van der Waals surface area contributed by atoms with Gasteiger partial charge in [0.25, 0.3) is 8.32 Å². The Hall–Kier alpha value is -3.79. The summed E-state index contributed by atoms with van der Waals surface area (Å²) < 4.78 is 36.1. The van der Waals surface area contributed by atoms with Crippen LogP contribution < -0.4 is 15.1 Å². The molecule has 1 heterocycles. The number of allylic oxidation sites excluding steroid dienone is 3. The van der Waals surface area contributed by atoms with Crippen molar-refractivity contribution in [3.05, 3.63) is 127 Å². The lowest BCUT2D eigenvalue weighted by Crippen LogP contribution is -2.67. The average molecular weight is 685 g/mol. The van der Waals surface area contributed by atoms with E-state index in [9.17, 15) is 4.79 Å². The number of hydrogen-bond donors (Lipinski definition) is 0. The summed E-state index contributed by atoms with van der Waals surface area (Å²) >= 11 is 0. The van der Waals surface area contributed by atoms with E-state index in [2.05, 4.69) is 82.0 Å². The minimum atomic E-state index is -2.90. The third-order valence-electron chi connectivity index (χ3n) is 8.55. The number of rotatable bonds is 18. The molecule has 3 aromatic carbocycles. The monoisotopic (exact) mass is 684 g/mol. The summed E-state index contributed by atoms with van der Waals surface area (Å²) in [6, 6.07) is 28.5. The van der Waals surface area contributed by atoms with Gasteiger partial charge in [0.2, 0.25) is 0 Å². The van der Waals surface area contributed by atoms with Crippen molar-refractivity contribution in [2.45, 2.75) is 77.1 Å². The summed E-state index contributed by atoms with van der Waals surface area (Å²) in [5.74, 6) is 0.319. The van der Waals surface area contributed by atoms with Crippen LogP contribution in [0.15, 0.2) is 121 Å². The van der Waals surface area contributed by atoms with E-state index in [0.717, 1.165) is 27.3 Å². The first-order valence-electron chi connectivity index (χ1n) is 17.1. The highest BCUT2D eigenvalue weighted by atomic mass is 28.4. The third kappa shape index (κ3) is 10.8. The second-order valence-electron chi connectivity index (χ2n) is 13.2. The van der Waals surface area contributed by atoms with E-state index < -0.39 is 26.5 Å². The molecule has 2 atom stereocenters. The average Bonchev–Trinajstić information content (AvgIpc) is 3.64. The van der Waals surface area contributed by atoms with Crippen molar-refractivity contribution in [3.63, 3.8) is 0 Å². The number of esters is 1. The largest absolute Gasteiger partial charge is 0.497 e. The lowest BCUT2D eigenvalue weighted by atomic mass is 10.1. The Labute approximate surface area is 293 Å². The Balaban J connectivity index is 1.61. The summed E-state index contributed by atoms with van der Waals surface area (Å²) in [5.41, 5.74) is 1.93. The molecule has 1 fully saturated rings. The van der Waals surface area contributed by atoms with Crippen molar-refractivity contribution in [2.75, 3.05) is 26.9 Å². The molecule has 49 heavy (non-hydrogen) atoms. The standard InChI is InChI=1S/C41H52O7Si/c1-7-8-19-38(46-30-33-22-25-34(43-6)26-23-33)40(42)48-35(24-20-32(2)21-27-39-44-28-29-45-39)31-47-49(41(3,4)5,36-15-11-9-12-16-36)37-17-13-10-14-18-37/h7,9-18,20-26,35,38-39H,1,8,19,27-31H2,2-6H3/b24-20+,32-21+/t35-,38?/m0/s1. The second kappa shape index (κ2) is 18.8. The van der Waals surface area contributed by atoms with Gasteiger partial charge in [-0.15, -0.1) is 6.58 Å². The fraction of sp³-hybridized carbons (Fsp3) is 0.390. The van der Waals surface area contributed by atoms with Crippen molar-refractivity contribution in [1.29, 1.82) is 0 Å². The normalized spacial score (nSPS) is 15.7. The third-order valence-corrected chi connectivity index (χ3v) is 13.6. The summed E-state index contributed by atoms with van der Waals surface area (Å²) in [5, 5.41) is 2.07. The molecule has 0 aromatic heterocycles. The minimum Gasteiger partial charge on any atom is -0.497 e. The van der Waals surface area contributed by atoms with Crippen molar-refractivity contribution in [3.8, 4) is 5.75 Å². The number of ether oxygens (including phenoxy) is 5. The van der Waals surface area contributed by atoms with Crippen LogP contribution in [0.25, 0.3) is 0 Å². The van der Waals surface area contributed by atoms with Crippen LogP contribution in [0.4, 0.5) is 0 Å². The summed E-state index contributed by atoms with van der Waals surface area (Å²) in [6.07, 6.45) is 7.74. The van der Waals surface area contributed by atoms with Gasteiger partial charge in [-0.2, -0.15) is 0 Å². The van der Waals surface area contributed by atoms with Gasteiger partial charge in [-0.25, -0.2) is 4.79 Å². The van der Waals surface area contributed by atoms with E-state index in [1.54, 1.807) is 13.2 Å². The van der Waals surface area contributed by atoms with Gasteiger partial charge in [0, 0.05) is 6.42 Å². The van der Waals surface area contributed by atoms with Crippen LogP contribution in [-0.2, 0) is 34.8 Å². The molecule has 262 valence electrons. The van der Waals surface area contributed by atoms with Gasteiger partial charge in [-0.3, -0.25) is 0 Å². The van der Waals surface area contributed by atoms with E-state index in [1.165, 1.54) is 0 Å². The van der Waals surface area contributed by atoms with E-state index in [-0.39, 0.29) is 24.5 Å². The Kier molecular flexibility index (Phi) is 14.6. The number of carbonyl (C=O) groups excluding carboxylic acids is 1. The van der Waals surface area contributed by atoms with Crippen LogP contribution >= 0.6 is 0 Å². The van der Waals surface area contributed by atoms with Crippen molar-refractivity contribution in [2.24, 2.45) is 0 Å². The van der Waals surface area contributed by atoms with Crippen LogP contribution in [0.2, 0.25) is 5.04 Å². The van der Waals surface area contributed by atoms with Crippen LogP contribution in [0, 0.1) is 0 Å². The van der Waals surface area contributed by atoms with Crippen molar-refractivity contribution < 1.29 is 32.9 Å². The van der Waals surface area contributed by atoms with Crippen LogP contribution in [0.3, 0.4) is 0 Å². The van der Waals surface area contributed by atoms with Crippen LogP contribution in [-0.4, -0.2) is 59.7 Å². The van der Waals surface area contributed by atoms with Crippen molar-refractivity contribution >= 4 is 24.7 Å². The topological polar surface area (TPSA) is 72.5 Å². The van der Waals surface area contributed by atoms with Gasteiger partial charge in [0.1, 0.15) is 11.9 Å². The lowest BCUT2D eigenvalue weighted by Gasteiger charge is -2.43. The molecule has 0 saturated carbocycles. The first-order chi connectivity index (χ1) is 23.7. The molecule has 1 aliphatic rings. The minimum absolute atomic E-state index is 0.171. The van der Waals surface area contributed by atoms with E-state index in [0.29, 0.717) is 32.5 Å². The predicted molar refractivity (Wildman–Crippen MR) is 198 cm³/mol. The zero-order valence-corrected chi connectivity index (χ0v) is 30.6. The molecule has 4 rings (SSSR count). The number of benzene rings is 3. The molecular weight excluding hydrogens is 633 g/mol. The number of carbonyl (C=O) groups is 1. The number of hydrogen-bond acceptors (Lipinski definition) is 7. The molecule has 0 N–H and O–H groups in total. The fourth-order valence-corrected chi connectivity index (χ4v) is 10.5. The number of methoxy groups -OCH3 is 1. The van der Waals surface area contributed by atoms with E-state index in [4.69, 9.17) is 28.1 Å². The van der Waals surface area contributed by atoms with Gasteiger partial charge in [-0.05, 0) is 58.9 Å². The highest BCUT2D eigenvalue weighted by molar-refractivity contribution is 6.99. The molecule has 0 amide bonds. The SMILES string of the molecule is C=CCCC(OCc1ccc(OC)cc1)C(=O)O[C@@H](/C=C/C(C)=C/CC1OCCO1)CO[Si](c1ccccc1)(c1ccccc1)C(C)(C)C. The van der Waals surface area contributed by atoms with Crippen molar-refractivity contribution in [1.82, 2.24) is 0 Å². The molecule has 1 saturated heterocycles. The molecule has 7 nitrogen and oxygen atoms in total. The Morgan fingerprint density at radius 2 is 1.57 bits per heavy atom. The van der Waals surface area contributed by atoms with Gasteiger partial charge in [0.15, 0.2) is 12.4 Å². The smallest absolute Gasteiger partial charge is 0.335 e. The van der Waals surface area contributed by atoms with Gasteiger partial charge in [-0.1, -0.05) is 117 Å². The van der Waals surface area contributed by atoms with Gasteiger partial charge in [0.05, 0.1) is 33.5 Å². The maximum Gasteiger partial charge on any atom is 0.335 e.